The first-order valence-electron chi connectivity index (χ1n) is 12.2. The zero-order valence-corrected chi connectivity index (χ0v) is 20.6. The number of hydrogen-bond acceptors (Lipinski definition) is 9. The summed E-state index contributed by atoms with van der Waals surface area (Å²) in [6, 6.07) is 0. The lowest BCUT2D eigenvalue weighted by atomic mass is 9.57. The molecule has 0 radical (unpaired) electrons. The number of ether oxygens (including phenoxy) is 4. The second-order valence-corrected chi connectivity index (χ2v) is 11.5. The largest absolute Gasteiger partial charge is 0.469 e. The van der Waals surface area contributed by atoms with Crippen molar-refractivity contribution in [2.24, 2.45) is 34.0 Å². The molecular formula is C26H32O9. The Hall–Kier alpha value is -2.71. The van der Waals surface area contributed by atoms with E-state index in [1.165, 1.54) is 14.0 Å². The second-order valence-electron chi connectivity index (χ2n) is 11.5. The maximum absolute atomic E-state index is 13.5. The molecule has 8 atom stereocenters. The summed E-state index contributed by atoms with van der Waals surface area (Å²) in [6.07, 6.45) is 2.62. The highest BCUT2D eigenvalue weighted by molar-refractivity contribution is 6.29. The van der Waals surface area contributed by atoms with Crippen LogP contribution in [0.25, 0.3) is 0 Å². The van der Waals surface area contributed by atoms with Crippen LogP contribution in [-0.4, -0.2) is 55.6 Å². The maximum atomic E-state index is 13.5. The van der Waals surface area contributed by atoms with Gasteiger partial charge in [-0.2, -0.15) is 0 Å². The van der Waals surface area contributed by atoms with E-state index in [1.807, 2.05) is 6.92 Å². The minimum Gasteiger partial charge on any atom is -0.469 e. The zero-order valence-electron chi connectivity index (χ0n) is 20.6. The SMILES string of the molecule is C=C1C[C@]23C[C@@]1(OC(=O)C(=O)OC)CC[C@H]2[C@]12CC(=O)[C@](C)(C[C@@H](OC(C)=O)C1)[C@H]2[C@@H]3C(=O)OC. The predicted octanol–water partition coefficient (Wildman–Crippen LogP) is 2.30. The van der Waals surface area contributed by atoms with Gasteiger partial charge in [0.05, 0.1) is 20.1 Å². The molecule has 5 aliphatic rings. The van der Waals surface area contributed by atoms with E-state index in [9.17, 15) is 24.0 Å². The van der Waals surface area contributed by atoms with E-state index in [-0.39, 0.29) is 29.6 Å². The topological polar surface area (TPSA) is 122 Å². The summed E-state index contributed by atoms with van der Waals surface area (Å²) in [6.45, 7) is 7.50. The van der Waals surface area contributed by atoms with Crippen LogP contribution in [0.15, 0.2) is 12.2 Å². The smallest absolute Gasteiger partial charge is 0.418 e. The Balaban J connectivity index is 1.62. The molecule has 5 aliphatic carbocycles. The van der Waals surface area contributed by atoms with Crippen molar-refractivity contribution in [3.05, 3.63) is 12.2 Å². The van der Waals surface area contributed by atoms with E-state index < -0.39 is 45.8 Å². The third kappa shape index (κ3) is 2.90. The average molecular weight is 489 g/mol. The van der Waals surface area contributed by atoms with Crippen LogP contribution >= 0.6 is 0 Å². The molecule has 9 heteroatoms. The van der Waals surface area contributed by atoms with E-state index >= 15 is 0 Å². The Labute approximate surface area is 203 Å². The summed E-state index contributed by atoms with van der Waals surface area (Å²) in [5.41, 5.74) is -2.39. The molecule has 0 heterocycles. The Morgan fingerprint density at radius 2 is 1.71 bits per heavy atom. The molecule has 0 aliphatic heterocycles. The van der Waals surface area contributed by atoms with Crippen molar-refractivity contribution in [1.29, 1.82) is 0 Å². The number of hydrogen-bond donors (Lipinski definition) is 0. The summed E-state index contributed by atoms with van der Waals surface area (Å²) in [5, 5.41) is 0. The molecule has 0 amide bonds. The average Bonchev–Trinajstić information content (AvgIpc) is 3.20. The fourth-order valence-electron chi connectivity index (χ4n) is 9.37. The molecule has 0 saturated heterocycles. The van der Waals surface area contributed by atoms with Gasteiger partial charge in [-0.3, -0.25) is 14.4 Å². The van der Waals surface area contributed by atoms with Crippen LogP contribution in [0.3, 0.4) is 0 Å². The summed E-state index contributed by atoms with van der Waals surface area (Å²) >= 11 is 0. The number of carbonyl (C=O) groups excluding carboxylic acids is 5. The van der Waals surface area contributed by atoms with Gasteiger partial charge in [-0.15, -0.1) is 0 Å². The van der Waals surface area contributed by atoms with Gasteiger partial charge < -0.3 is 18.9 Å². The predicted molar refractivity (Wildman–Crippen MR) is 118 cm³/mol. The van der Waals surface area contributed by atoms with Gasteiger partial charge in [-0.1, -0.05) is 13.5 Å². The maximum Gasteiger partial charge on any atom is 0.418 e. The van der Waals surface area contributed by atoms with Crippen molar-refractivity contribution in [2.75, 3.05) is 14.2 Å². The number of carbonyl (C=O) groups is 5. The van der Waals surface area contributed by atoms with Crippen LogP contribution in [0, 0.1) is 34.0 Å². The van der Waals surface area contributed by atoms with E-state index in [4.69, 9.17) is 14.2 Å². The third-order valence-corrected chi connectivity index (χ3v) is 10.1. The number of esters is 4. The molecule has 4 bridgehead atoms. The molecule has 0 N–H and O–H groups in total. The molecular weight excluding hydrogens is 456 g/mol. The molecule has 0 aromatic heterocycles. The zero-order chi connectivity index (χ0) is 25.6. The molecule has 9 nitrogen and oxygen atoms in total. The van der Waals surface area contributed by atoms with Crippen LogP contribution in [0.4, 0.5) is 0 Å². The van der Waals surface area contributed by atoms with Gasteiger partial charge in [0.15, 0.2) is 0 Å². The highest BCUT2D eigenvalue weighted by atomic mass is 16.6. The quantitative estimate of drug-likeness (QED) is 0.255. The summed E-state index contributed by atoms with van der Waals surface area (Å²) in [5.74, 6) is -3.73. The molecule has 5 rings (SSSR count). The monoisotopic (exact) mass is 488 g/mol. The van der Waals surface area contributed by atoms with Gasteiger partial charge in [-0.25, -0.2) is 9.59 Å². The Morgan fingerprint density at radius 3 is 2.34 bits per heavy atom. The van der Waals surface area contributed by atoms with E-state index in [2.05, 4.69) is 11.3 Å². The molecule has 0 unspecified atom stereocenters. The standard InChI is InChI=1S/C26H32O9/c1-13-8-25-12-26(13,35-22(31)21(30)33-5)7-6-16(25)24-10-15(34-14(2)27)9-23(3,17(28)11-24)19(24)18(25)20(29)32-4/h15-16,18-19H,1,6-12H2,2-5H3/t15-,16+,18-,19-,23+,24-,25+,26+/m1/s1. The van der Waals surface area contributed by atoms with Crippen LogP contribution in [0.2, 0.25) is 0 Å². The Kier molecular flexibility index (Phi) is 5.07. The van der Waals surface area contributed by atoms with Crippen molar-refractivity contribution in [3.8, 4) is 0 Å². The van der Waals surface area contributed by atoms with Crippen molar-refractivity contribution < 1.29 is 42.9 Å². The number of ketones is 1. The lowest BCUT2D eigenvalue weighted by Gasteiger charge is -2.48. The molecule has 0 aromatic rings. The van der Waals surface area contributed by atoms with Gasteiger partial charge in [0.25, 0.3) is 0 Å². The van der Waals surface area contributed by atoms with Gasteiger partial charge in [-0.05, 0) is 66.8 Å². The number of methoxy groups -OCH3 is 2. The van der Waals surface area contributed by atoms with Crippen LogP contribution in [0.1, 0.15) is 58.8 Å². The lowest BCUT2D eigenvalue weighted by Crippen LogP contribution is -2.48. The normalized spacial score (nSPS) is 44.8. The fourth-order valence-corrected chi connectivity index (χ4v) is 9.37. The van der Waals surface area contributed by atoms with Crippen LogP contribution in [0.5, 0.6) is 0 Å². The highest BCUT2D eigenvalue weighted by Gasteiger charge is 2.82. The highest BCUT2D eigenvalue weighted by Crippen LogP contribution is 2.82. The molecule has 190 valence electrons. The van der Waals surface area contributed by atoms with E-state index in [0.29, 0.717) is 50.5 Å². The first-order valence-corrected chi connectivity index (χ1v) is 12.2. The fraction of sp³-hybridized carbons (Fsp3) is 0.731. The van der Waals surface area contributed by atoms with Crippen LogP contribution < -0.4 is 0 Å². The van der Waals surface area contributed by atoms with Gasteiger partial charge in [0.2, 0.25) is 0 Å². The first kappa shape index (κ1) is 24.0. The second kappa shape index (κ2) is 7.40. The van der Waals surface area contributed by atoms with Crippen LogP contribution in [-0.2, 0) is 42.9 Å². The summed E-state index contributed by atoms with van der Waals surface area (Å²) in [4.78, 5) is 63.1. The van der Waals surface area contributed by atoms with Crippen molar-refractivity contribution in [2.45, 2.75) is 70.5 Å². The first-order chi connectivity index (χ1) is 16.4. The summed E-state index contributed by atoms with van der Waals surface area (Å²) < 4.78 is 21.3. The van der Waals surface area contributed by atoms with Crippen molar-refractivity contribution in [1.82, 2.24) is 0 Å². The molecule has 1 spiro atoms. The Morgan fingerprint density at radius 1 is 1.00 bits per heavy atom. The van der Waals surface area contributed by atoms with Gasteiger partial charge >= 0.3 is 23.9 Å². The lowest BCUT2D eigenvalue weighted by molar-refractivity contribution is -0.178. The molecule has 35 heavy (non-hydrogen) atoms. The number of rotatable bonds is 3. The summed E-state index contributed by atoms with van der Waals surface area (Å²) in [7, 11) is 2.47. The molecule has 0 aromatic carbocycles. The van der Waals surface area contributed by atoms with E-state index in [1.54, 1.807) is 0 Å². The minimum atomic E-state index is -1.08. The number of fused-ring (bicyclic) bond motifs is 1. The van der Waals surface area contributed by atoms with E-state index in [0.717, 1.165) is 7.11 Å². The van der Waals surface area contributed by atoms with Gasteiger partial charge in [0.1, 0.15) is 17.5 Å². The number of Topliss-reactive ketones (excluding diaryl/α,β-unsaturated/α-hetero) is 1. The third-order valence-electron chi connectivity index (χ3n) is 10.1. The molecule has 5 saturated carbocycles. The Bertz CT molecular complexity index is 1060. The van der Waals surface area contributed by atoms with Crippen molar-refractivity contribution in [3.63, 3.8) is 0 Å². The van der Waals surface area contributed by atoms with Gasteiger partial charge in [0, 0.05) is 18.8 Å². The minimum absolute atomic E-state index is 0.0440. The molecule has 5 fully saturated rings. The van der Waals surface area contributed by atoms with Crippen molar-refractivity contribution >= 4 is 29.7 Å².